The lowest BCUT2D eigenvalue weighted by molar-refractivity contribution is -0.116. The Morgan fingerprint density at radius 3 is 2.59 bits per heavy atom. The molecule has 0 aliphatic rings. The normalized spacial score (nSPS) is 10.4. The van der Waals surface area contributed by atoms with E-state index in [0.29, 0.717) is 11.1 Å². The molecule has 0 spiro atoms. The van der Waals surface area contributed by atoms with Crippen LogP contribution in [0.15, 0.2) is 36.4 Å². The maximum absolute atomic E-state index is 11.4. The Labute approximate surface area is 98.5 Å². The molecular weight excluding hydrogens is 218 g/mol. The van der Waals surface area contributed by atoms with Gasteiger partial charge in [0.2, 0.25) is 5.91 Å². The summed E-state index contributed by atoms with van der Waals surface area (Å²) in [4.78, 5) is 11.4. The van der Waals surface area contributed by atoms with Crippen LogP contribution in [0.1, 0.15) is 6.42 Å². The first kappa shape index (κ1) is 11.4. The number of phenolic OH excluding ortho intramolecular Hbond substituents is 1. The second-order valence-electron chi connectivity index (χ2n) is 3.70. The molecule has 0 radical (unpaired) electrons. The number of nitrogens with one attached hydrogen (secondary N) is 1. The summed E-state index contributed by atoms with van der Waals surface area (Å²) in [7, 11) is 0. The molecule has 0 aliphatic carbocycles. The molecule has 88 valence electrons. The van der Waals surface area contributed by atoms with Gasteiger partial charge in [-0.3, -0.25) is 4.79 Å². The molecule has 1 amide bonds. The fourth-order valence-electron chi connectivity index (χ4n) is 1.72. The Morgan fingerprint density at radius 2 is 1.82 bits per heavy atom. The van der Waals surface area contributed by atoms with E-state index in [1.54, 1.807) is 30.3 Å². The number of hydrogen-bond donors (Lipinski definition) is 3. The highest BCUT2D eigenvalue weighted by molar-refractivity contribution is 6.03. The lowest BCUT2D eigenvalue weighted by Crippen LogP contribution is -2.12. The van der Waals surface area contributed by atoms with Gasteiger partial charge in [0.25, 0.3) is 0 Å². The summed E-state index contributed by atoms with van der Waals surface area (Å²) in [6.45, 7) is -0.179. The van der Waals surface area contributed by atoms with Crippen molar-refractivity contribution >= 4 is 22.4 Å². The number of aliphatic hydroxyl groups excluding tert-OH is 1. The number of aliphatic hydroxyl groups is 1. The zero-order valence-corrected chi connectivity index (χ0v) is 9.18. The van der Waals surface area contributed by atoms with Crippen LogP contribution in [0, 0.1) is 0 Å². The topological polar surface area (TPSA) is 69.6 Å². The molecule has 0 fully saturated rings. The Kier molecular flexibility index (Phi) is 3.25. The number of hydrogen-bond acceptors (Lipinski definition) is 3. The van der Waals surface area contributed by atoms with Gasteiger partial charge in [-0.2, -0.15) is 0 Å². The standard InChI is InChI=1S/C13H13NO3/c15-8-7-13(17)14-11-5-1-4-10-9(11)3-2-6-12(10)16/h1-6,15-16H,7-8H2,(H,14,17). The van der Waals surface area contributed by atoms with E-state index in [9.17, 15) is 9.90 Å². The number of fused-ring (bicyclic) bond motifs is 1. The molecule has 4 heteroatoms. The van der Waals surface area contributed by atoms with Gasteiger partial charge in [0.15, 0.2) is 0 Å². The molecule has 2 aromatic carbocycles. The van der Waals surface area contributed by atoms with E-state index in [1.807, 2.05) is 6.07 Å². The van der Waals surface area contributed by atoms with Crippen LogP contribution in [-0.4, -0.2) is 22.7 Å². The van der Waals surface area contributed by atoms with Crippen LogP contribution in [0.4, 0.5) is 5.69 Å². The summed E-state index contributed by atoms with van der Waals surface area (Å²) in [5.74, 6) is -0.0656. The predicted molar refractivity (Wildman–Crippen MR) is 65.9 cm³/mol. The first-order valence-corrected chi connectivity index (χ1v) is 5.34. The summed E-state index contributed by atoms with van der Waals surface area (Å²) >= 11 is 0. The third-order valence-electron chi connectivity index (χ3n) is 2.51. The van der Waals surface area contributed by atoms with Crippen molar-refractivity contribution < 1.29 is 15.0 Å². The number of phenols is 1. The van der Waals surface area contributed by atoms with Crippen LogP contribution < -0.4 is 5.32 Å². The summed E-state index contributed by atoms with van der Waals surface area (Å²) in [6.07, 6.45) is 0.0647. The van der Waals surface area contributed by atoms with Crippen LogP contribution >= 0.6 is 0 Å². The van der Waals surface area contributed by atoms with Gasteiger partial charge >= 0.3 is 0 Å². The lowest BCUT2D eigenvalue weighted by Gasteiger charge is -2.08. The second-order valence-corrected chi connectivity index (χ2v) is 3.70. The molecule has 4 nitrogen and oxygen atoms in total. The quantitative estimate of drug-likeness (QED) is 0.755. The summed E-state index contributed by atoms with van der Waals surface area (Å²) in [6, 6.07) is 10.4. The third kappa shape index (κ3) is 2.37. The minimum Gasteiger partial charge on any atom is -0.507 e. The summed E-state index contributed by atoms with van der Waals surface area (Å²) < 4.78 is 0. The predicted octanol–water partition coefficient (Wildman–Crippen LogP) is 1.87. The first-order valence-electron chi connectivity index (χ1n) is 5.34. The first-order chi connectivity index (χ1) is 8.22. The molecule has 2 rings (SSSR count). The maximum Gasteiger partial charge on any atom is 0.226 e. The number of amides is 1. The fourth-order valence-corrected chi connectivity index (χ4v) is 1.72. The number of aromatic hydroxyl groups is 1. The van der Waals surface area contributed by atoms with Gasteiger partial charge in [-0.05, 0) is 12.1 Å². The highest BCUT2D eigenvalue weighted by Crippen LogP contribution is 2.29. The number of anilines is 1. The van der Waals surface area contributed by atoms with Crippen LogP contribution in [0.3, 0.4) is 0 Å². The Balaban J connectivity index is 2.41. The lowest BCUT2D eigenvalue weighted by atomic mass is 10.1. The highest BCUT2D eigenvalue weighted by Gasteiger charge is 2.06. The smallest absolute Gasteiger partial charge is 0.226 e. The SMILES string of the molecule is O=C(CCO)Nc1cccc2c(O)cccc12. The van der Waals surface area contributed by atoms with Gasteiger partial charge in [0, 0.05) is 16.5 Å². The Morgan fingerprint density at radius 1 is 1.12 bits per heavy atom. The fraction of sp³-hybridized carbons (Fsp3) is 0.154. The molecule has 3 N–H and O–H groups in total. The Hall–Kier alpha value is -2.07. The maximum atomic E-state index is 11.4. The summed E-state index contributed by atoms with van der Waals surface area (Å²) in [5, 5.41) is 22.5. The monoisotopic (exact) mass is 231 g/mol. The van der Waals surface area contributed by atoms with Gasteiger partial charge in [-0.25, -0.2) is 0 Å². The third-order valence-corrected chi connectivity index (χ3v) is 2.51. The van der Waals surface area contributed by atoms with Gasteiger partial charge < -0.3 is 15.5 Å². The molecule has 17 heavy (non-hydrogen) atoms. The highest BCUT2D eigenvalue weighted by atomic mass is 16.3. The Bertz CT molecular complexity index is 551. The molecule has 0 atom stereocenters. The minimum atomic E-state index is -0.247. The molecule has 0 aromatic heterocycles. The average molecular weight is 231 g/mol. The van der Waals surface area contributed by atoms with E-state index in [2.05, 4.69) is 5.32 Å². The van der Waals surface area contributed by atoms with Crippen molar-refractivity contribution in [3.63, 3.8) is 0 Å². The van der Waals surface area contributed by atoms with E-state index in [-0.39, 0.29) is 24.7 Å². The van der Waals surface area contributed by atoms with Crippen LogP contribution in [0.2, 0.25) is 0 Å². The zero-order chi connectivity index (χ0) is 12.3. The largest absolute Gasteiger partial charge is 0.507 e. The van der Waals surface area contributed by atoms with Crippen molar-refractivity contribution in [2.75, 3.05) is 11.9 Å². The van der Waals surface area contributed by atoms with Crippen molar-refractivity contribution in [1.29, 1.82) is 0 Å². The van der Waals surface area contributed by atoms with Crippen molar-refractivity contribution in [2.24, 2.45) is 0 Å². The van der Waals surface area contributed by atoms with Gasteiger partial charge in [-0.15, -0.1) is 0 Å². The second kappa shape index (κ2) is 4.84. The van der Waals surface area contributed by atoms with Crippen molar-refractivity contribution in [2.45, 2.75) is 6.42 Å². The molecule has 0 bridgehead atoms. The number of rotatable bonds is 3. The van der Waals surface area contributed by atoms with E-state index in [1.165, 1.54) is 0 Å². The van der Waals surface area contributed by atoms with Crippen molar-refractivity contribution in [3.05, 3.63) is 36.4 Å². The average Bonchev–Trinajstić information content (AvgIpc) is 2.31. The number of carbonyl (C=O) groups excluding carboxylic acids is 1. The zero-order valence-electron chi connectivity index (χ0n) is 9.18. The molecule has 0 saturated heterocycles. The number of benzene rings is 2. The van der Waals surface area contributed by atoms with E-state index >= 15 is 0 Å². The number of carbonyl (C=O) groups is 1. The summed E-state index contributed by atoms with van der Waals surface area (Å²) in [5.41, 5.74) is 0.636. The minimum absolute atomic E-state index is 0.0647. The molecule has 2 aromatic rings. The van der Waals surface area contributed by atoms with E-state index in [4.69, 9.17) is 5.11 Å². The molecular formula is C13H13NO3. The molecule has 0 aliphatic heterocycles. The van der Waals surface area contributed by atoms with Crippen molar-refractivity contribution in [3.8, 4) is 5.75 Å². The molecule has 0 heterocycles. The molecule has 0 unspecified atom stereocenters. The van der Waals surface area contributed by atoms with E-state index < -0.39 is 0 Å². The van der Waals surface area contributed by atoms with E-state index in [0.717, 1.165) is 5.39 Å². The van der Waals surface area contributed by atoms with Crippen molar-refractivity contribution in [1.82, 2.24) is 0 Å². The molecule has 0 saturated carbocycles. The van der Waals surface area contributed by atoms with Gasteiger partial charge in [-0.1, -0.05) is 24.3 Å². The van der Waals surface area contributed by atoms with Crippen LogP contribution in [0.25, 0.3) is 10.8 Å². The van der Waals surface area contributed by atoms with Gasteiger partial charge in [0.05, 0.1) is 13.0 Å². The van der Waals surface area contributed by atoms with Crippen LogP contribution in [0.5, 0.6) is 5.75 Å². The van der Waals surface area contributed by atoms with Crippen LogP contribution in [-0.2, 0) is 4.79 Å². The van der Waals surface area contributed by atoms with Gasteiger partial charge in [0.1, 0.15) is 5.75 Å².